The average molecular weight is 425 g/mol. The van der Waals surface area contributed by atoms with Gasteiger partial charge in [-0.05, 0) is 55.4 Å². The van der Waals surface area contributed by atoms with Gasteiger partial charge < -0.3 is 15.6 Å². The van der Waals surface area contributed by atoms with Crippen molar-refractivity contribution in [1.82, 2.24) is 14.8 Å². The Morgan fingerprint density at radius 1 is 1.11 bits per heavy atom. The van der Waals surface area contributed by atoms with E-state index in [0.29, 0.717) is 25.2 Å². The zero-order valence-corrected chi connectivity index (χ0v) is 16.9. The molecule has 0 fully saturated rings. The van der Waals surface area contributed by atoms with E-state index in [1.54, 1.807) is 19.4 Å². The van der Waals surface area contributed by atoms with Crippen LogP contribution in [-0.4, -0.2) is 39.5 Å². The lowest BCUT2D eigenvalue weighted by Crippen LogP contribution is -2.12. The summed E-state index contributed by atoms with van der Waals surface area (Å²) in [6.45, 7) is 0.944. The number of carboxylic acid groups (broad SMARTS) is 1. The van der Waals surface area contributed by atoms with Crippen LogP contribution < -0.4 is 10.5 Å². The first-order valence-corrected chi connectivity index (χ1v) is 8.24. The van der Waals surface area contributed by atoms with Crippen molar-refractivity contribution in [1.29, 1.82) is 0 Å². The number of aromatic nitrogens is 3. The van der Waals surface area contributed by atoms with Crippen molar-refractivity contribution < 1.29 is 14.6 Å². The van der Waals surface area contributed by atoms with Crippen LogP contribution in [0.4, 0.5) is 0 Å². The number of benzene rings is 1. The minimum atomic E-state index is -1.01. The number of hydrogen-bond acceptors (Lipinski definition) is 5. The van der Waals surface area contributed by atoms with Crippen molar-refractivity contribution in [2.24, 2.45) is 5.73 Å². The van der Waals surface area contributed by atoms with Gasteiger partial charge in [-0.3, -0.25) is 9.67 Å². The third-order valence-corrected chi connectivity index (χ3v) is 4.01. The fourth-order valence-electron chi connectivity index (χ4n) is 2.65. The van der Waals surface area contributed by atoms with Gasteiger partial charge in [-0.1, -0.05) is 0 Å². The Hall–Kier alpha value is -2.61. The molecule has 0 spiro atoms. The van der Waals surface area contributed by atoms with E-state index in [9.17, 15) is 9.90 Å². The molecule has 1 aromatic carbocycles. The van der Waals surface area contributed by atoms with E-state index in [0.717, 1.165) is 22.6 Å². The molecular weight excluding hydrogens is 403 g/mol. The molecule has 2 heterocycles. The standard InChI is InChI=1S/C19H20N4O3.2ClH/c1-26-15-5-3-13(4-6-15)16-11-14(7-9-21-16)17-12-18(19(24)25)23(22-17)10-2-8-20;;/h3-7,9,11-12H,2,8,10,20H2,1H3,(H,24,25);2*1H. The number of hydrogen-bond donors (Lipinski definition) is 2. The zero-order chi connectivity index (χ0) is 18.5. The van der Waals surface area contributed by atoms with Crippen LogP contribution in [0.1, 0.15) is 16.9 Å². The number of pyridine rings is 1. The Kier molecular flexibility index (Phi) is 8.91. The molecule has 0 radical (unpaired) electrons. The van der Waals surface area contributed by atoms with Crippen molar-refractivity contribution in [2.45, 2.75) is 13.0 Å². The molecule has 0 unspecified atom stereocenters. The monoisotopic (exact) mass is 424 g/mol. The van der Waals surface area contributed by atoms with Crippen molar-refractivity contribution in [2.75, 3.05) is 13.7 Å². The minimum Gasteiger partial charge on any atom is -0.497 e. The molecule has 0 aliphatic rings. The first kappa shape index (κ1) is 23.4. The second-order valence-corrected chi connectivity index (χ2v) is 5.74. The lowest BCUT2D eigenvalue weighted by atomic mass is 10.1. The molecule has 0 aliphatic carbocycles. The molecule has 0 bridgehead atoms. The molecule has 9 heteroatoms. The highest BCUT2D eigenvalue weighted by molar-refractivity contribution is 5.87. The molecule has 7 nitrogen and oxygen atoms in total. The first-order chi connectivity index (χ1) is 12.6. The smallest absolute Gasteiger partial charge is 0.354 e. The van der Waals surface area contributed by atoms with Gasteiger partial charge in [0.2, 0.25) is 0 Å². The Labute approximate surface area is 175 Å². The molecule has 0 amide bonds. The lowest BCUT2D eigenvalue weighted by Gasteiger charge is -2.05. The Balaban J connectivity index is 0.00000196. The summed E-state index contributed by atoms with van der Waals surface area (Å²) >= 11 is 0. The number of carbonyl (C=O) groups is 1. The topological polar surface area (TPSA) is 103 Å². The number of carboxylic acids is 1. The van der Waals surface area contributed by atoms with Gasteiger partial charge in [0.05, 0.1) is 18.5 Å². The van der Waals surface area contributed by atoms with E-state index in [2.05, 4.69) is 10.1 Å². The summed E-state index contributed by atoms with van der Waals surface area (Å²) < 4.78 is 6.66. The molecule has 150 valence electrons. The molecule has 0 saturated carbocycles. The summed E-state index contributed by atoms with van der Waals surface area (Å²) in [5, 5.41) is 13.8. The van der Waals surface area contributed by atoms with Crippen LogP contribution in [0.25, 0.3) is 22.5 Å². The Morgan fingerprint density at radius 2 is 1.82 bits per heavy atom. The molecule has 0 aliphatic heterocycles. The van der Waals surface area contributed by atoms with Gasteiger partial charge in [0, 0.05) is 23.9 Å². The van der Waals surface area contributed by atoms with Crippen molar-refractivity contribution in [3.8, 4) is 28.3 Å². The maximum Gasteiger partial charge on any atom is 0.354 e. The van der Waals surface area contributed by atoms with Gasteiger partial charge in [-0.2, -0.15) is 5.10 Å². The minimum absolute atomic E-state index is 0. The van der Waals surface area contributed by atoms with E-state index in [4.69, 9.17) is 10.5 Å². The summed E-state index contributed by atoms with van der Waals surface area (Å²) in [5.74, 6) is -0.236. The molecule has 3 N–H and O–H groups in total. The quantitative estimate of drug-likeness (QED) is 0.601. The van der Waals surface area contributed by atoms with Gasteiger partial charge in [0.1, 0.15) is 11.4 Å². The van der Waals surface area contributed by atoms with E-state index in [-0.39, 0.29) is 30.5 Å². The van der Waals surface area contributed by atoms with E-state index >= 15 is 0 Å². The van der Waals surface area contributed by atoms with Crippen LogP contribution in [0.5, 0.6) is 5.75 Å². The second-order valence-electron chi connectivity index (χ2n) is 5.74. The highest BCUT2D eigenvalue weighted by Gasteiger charge is 2.15. The third kappa shape index (κ3) is 5.22. The van der Waals surface area contributed by atoms with E-state index < -0.39 is 5.97 Å². The molecule has 3 rings (SSSR count). The van der Waals surface area contributed by atoms with Gasteiger partial charge in [0.25, 0.3) is 0 Å². The van der Waals surface area contributed by atoms with Crippen LogP contribution in [0, 0.1) is 0 Å². The van der Waals surface area contributed by atoms with Crippen LogP contribution in [0.15, 0.2) is 48.7 Å². The molecule has 0 atom stereocenters. The molecule has 3 aromatic rings. The fourth-order valence-corrected chi connectivity index (χ4v) is 2.65. The summed E-state index contributed by atoms with van der Waals surface area (Å²) in [4.78, 5) is 15.9. The number of ether oxygens (including phenoxy) is 1. The third-order valence-electron chi connectivity index (χ3n) is 4.01. The lowest BCUT2D eigenvalue weighted by molar-refractivity contribution is 0.0683. The van der Waals surface area contributed by atoms with Crippen LogP contribution in [-0.2, 0) is 6.54 Å². The summed E-state index contributed by atoms with van der Waals surface area (Å²) in [6, 6.07) is 12.9. The summed E-state index contributed by atoms with van der Waals surface area (Å²) in [6.07, 6.45) is 2.35. The molecular formula is C19H22Cl2N4O3. The number of nitrogens with zero attached hydrogens (tertiary/aromatic N) is 3. The molecule has 2 aromatic heterocycles. The number of nitrogens with two attached hydrogens (primary N) is 1. The predicted molar refractivity (Wildman–Crippen MR) is 113 cm³/mol. The van der Waals surface area contributed by atoms with Crippen molar-refractivity contribution in [3.63, 3.8) is 0 Å². The highest BCUT2D eigenvalue weighted by Crippen LogP contribution is 2.26. The van der Waals surface area contributed by atoms with Gasteiger partial charge >= 0.3 is 5.97 Å². The second kappa shape index (κ2) is 10.7. The number of aryl methyl sites for hydroxylation is 1. The highest BCUT2D eigenvalue weighted by atomic mass is 35.5. The maximum absolute atomic E-state index is 11.5. The maximum atomic E-state index is 11.5. The van der Waals surface area contributed by atoms with Crippen LogP contribution in [0.2, 0.25) is 0 Å². The van der Waals surface area contributed by atoms with Crippen LogP contribution >= 0.6 is 24.8 Å². The summed E-state index contributed by atoms with van der Waals surface area (Å²) in [5.41, 5.74) is 8.78. The van der Waals surface area contributed by atoms with Crippen molar-refractivity contribution >= 4 is 30.8 Å². The van der Waals surface area contributed by atoms with E-state index in [1.165, 1.54) is 4.68 Å². The molecule has 28 heavy (non-hydrogen) atoms. The number of methoxy groups -OCH3 is 1. The van der Waals surface area contributed by atoms with E-state index in [1.807, 2.05) is 36.4 Å². The Bertz CT molecular complexity index is 914. The van der Waals surface area contributed by atoms with Crippen molar-refractivity contribution in [3.05, 3.63) is 54.4 Å². The van der Waals surface area contributed by atoms with Gasteiger partial charge in [-0.15, -0.1) is 24.8 Å². The zero-order valence-electron chi connectivity index (χ0n) is 15.2. The Morgan fingerprint density at radius 3 is 2.43 bits per heavy atom. The SMILES string of the molecule is COc1ccc(-c2cc(-c3cc(C(=O)O)n(CCCN)n3)ccn2)cc1.Cl.Cl. The largest absolute Gasteiger partial charge is 0.497 e. The van der Waals surface area contributed by atoms with Crippen LogP contribution in [0.3, 0.4) is 0 Å². The normalized spacial score (nSPS) is 9.93. The predicted octanol–water partition coefficient (Wildman–Crippen LogP) is 3.51. The molecule has 0 saturated heterocycles. The van der Waals surface area contributed by atoms with Gasteiger partial charge in [0.15, 0.2) is 0 Å². The number of aromatic carboxylic acids is 1. The van der Waals surface area contributed by atoms with Gasteiger partial charge in [-0.25, -0.2) is 4.79 Å². The summed E-state index contributed by atoms with van der Waals surface area (Å²) in [7, 11) is 1.62. The number of halogens is 2. The average Bonchev–Trinajstić information content (AvgIpc) is 3.11. The number of rotatable bonds is 7. The fraction of sp³-hybridized carbons (Fsp3) is 0.211. The first-order valence-electron chi connectivity index (χ1n) is 8.24.